The van der Waals surface area contributed by atoms with Crippen LogP contribution in [0.2, 0.25) is 5.02 Å². The fraction of sp³-hybridized carbons (Fsp3) is 0.158. The van der Waals surface area contributed by atoms with Gasteiger partial charge in [0.25, 0.3) is 0 Å². The molecule has 0 fully saturated rings. The lowest BCUT2D eigenvalue weighted by Gasteiger charge is -2.23. The first kappa shape index (κ1) is 17.9. The van der Waals surface area contributed by atoms with Crippen molar-refractivity contribution in [3.8, 4) is 6.07 Å². The van der Waals surface area contributed by atoms with Crippen molar-refractivity contribution in [3.05, 3.63) is 89.0 Å². The molecule has 3 nitrogen and oxygen atoms in total. The Morgan fingerprint density at radius 2 is 1.84 bits per heavy atom. The van der Waals surface area contributed by atoms with Gasteiger partial charge in [-0.25, -0.2) is 4.98 Å². The molecule has 1 aromatic heterocycles. The molecule has 25 heavy (non-hydrogen) atoms. The number of hydrogen-bond acceptors (Lipinski definition) is 3. The van der Waals surface area contributed by atoms with E-state index < -0.39 is 0 Å². The molecule has 126 valence electrons. The molecule has 2 aromatic carbocycles. The van der Waals surface area contributed by atoms with Gasteiger partial charge < -0.3 is 4.57 Å². The zero-order valence-electron chi connectivity index (χ0n) is 13.2. The van der Waals surface area contributed by atoms with Gasteiger partial charge in [0.15, 0.2) is 0 Å². The Balaban J connectivity index is 1.80. The normalized spacial score (nSPS) is 13.2. The molecule has 0 N–H and O–H groups in total. The van der Waals surface area contributed by atoms with Crippen LogP contribution in [0, 0.1) is 11.3 Å². The lowest BCUT2D eigenvalue weighted by Crippen LogP contribution is -2.09. The number of nitriles is 1. The van der Waals surface area contributed by atoms with Gasteiger partial charge in [-0.05, 0) is 35.4 Å². The zero-order chi connectivity index (χ0) is 17.6. The number of rotatable bonds is 6. The highest BCUT2D eigenvalue weighted by Gasteiger charge is 2.23. The quantitative estimate of drug-likeness (QED) is 0.500. The monoisotopic (exact) mass is 387 g/mol. The smallest absolute Gasteiger partial charge is 0.125 e. The van der Waals surface area contributed by atoms with Gasteiger partial charge in [-0.1, -0.05) is 47.5 Å². The highest BCUT2D eigenvalue weighted by molar-refractivity contribution is 7.98. The molecule has 3 rings (SSSR count). The molecule has 0 bridgehead atoms. The maximum Gasteiger partial charge on any atom is 0.125 e. The van der Waals surface area contributed by atoms with Crippen LogP contribution in [0.1, 0.15) is 27.4 Å². The number of aromatic nitrogens is 2. The van der Waals surface area contributed by atoms with E-state index in [2.05, 4.69) is 11.1 Å². The Morgan fingerprint density at radius 3 is 2.44 bits per heavy atom. The fourth-order valence-electron chi connectivity index (χ4n) is 2.42. The molecule has 2 atom stereocenters. The number of imidazole rings is 1. The average Bonchev–Trinajstić information content (AvgIpc) is 3.18. The number of nitrogens with zero attached hydrogens (tertiary/aromatic N) is 3. The summed E-state index contributed by atoms with van der Waals surface area (Å²) in [7, 11) is 0. The SMILES string of the molecule is N#Cc1ccc(CSC(c2ccc(Cl)cc2)C(Cl)n2ccnc2)cc1. The van der Waals surface area contributed by atoms with E-state index in [-0.39, 0.29) is 10.8 Å². The van der Waals surface area contributed by atoms with Crippen LogP contribution in [0.5, 0.6) is 0 Å². The van der Waals surface area contributed by atoms with Crippen LogP contribution < -0.4 is 0 Å². The van der Waals surface area contributed by atoms with Gasteiger partial charge in [0.05, 0.1) is 23.2 Å². The molecular formula is C19H15Cl2N3S. The van der Waals surface area contributed by atoms with Crippen molar-refractivity contribution in [1.29, 1.82) is 5.26 Å². The second-order valence-corrected chi connectivity index (χ2v) is 7.49. The van der Waals surface area contributed by atoms with Crippen LogP contribution >= 0.6 is 35.0 Å². The van der Waals surface area contributed by atoms with E-state index in [1.165, 1.54) is 0 Å². The molecule has 0 spiro atoms. The minimum absolute atomic E-state index is 0.0313. The Bertz CT molecular complexity index is 840. The van der Waals surface area contributed by atoms with E-state index in [9.17, 15) is 0 Å². The Morgan fingerprint density at radius 1 is 1.12 bits per heavy atom. The standard InChI is InChI=1S/C19H15Cl2N3S/c20-17-7-5-16(6-8-17)18(19(21)24-10-9-23-13-24)25-12-15-3-1-14(11-22)2-4-15/h1-10,13,18-19H,12H2. The van der Waals surface area contributed by atoms with Gasteiger partial charge in [0, 0.05) is 23.2 Å². The fourth-order valence-corrected chi connectivity index (χ4v) is 4.24. The van der Waals surface area contributed by atoms with Crippen LogP contribution in [0.4, 0.5) is 0 Å². The molecule has 0 aliphatic rings. The van der Waals surface area contributed by atoms with E-state index in [1.807, 2.05) is 59.3 Å². The lowest BCUT2D eigenvalue weighted by atomic mass is 10.1. The zero-order valence-corrected chi connectivity index (χ0v) is 15.5. The summed E-state index contributed by atoms with van der Waals surface area (Å²) < 4.78 is 1.90. The second-order valence-electron chi connectivity index (χ2n) is 5.47. The first-order chi connectivity index (χ1) is 12.2. The number of benzene rings is 2. The largest absolute Gasteiger partial charge is 0.319 e. The van der Waals surface area contributed by atoms with E-state index in [1.54, 1.807) is 24.3 Å². The number of thioether (sulfide) groups is 1. The molecule has 0 saturated carbocycles. The molecule has 0 aliphatic heterocycles. The van der Waals surface area contributed by atoms with Gasteiger partial charge in [-0.15, -0.1) is 11.8 Å². The number of hydrogen-bond donors (Lipinski definition) is 0. The summed E-state index contributed by atoms with van der Waals surface area (Å²) in [6, 6.07) is 17.5. The summed E-state index contributed by atoms with van der Waals surface area (Å²) in [5, 5.41) is 9.64. The molecule has 0 amide bonds. The predicted molar refractivity (Wildman–Crippen MR) is 104 cm³/mol. The summed E-state index contributed by atoms with van der Waals surface area (Å²) in [4.78, 5) is 4.09. The Hall–Kier alpha value is -1.93. The van der Waals surface area contributed by atoms with E-state index in [0.29, 0.717) is 10.6 Å². The number of halogens is 2. The van der Waals surface area contributed by atoms with Crippen LogP contribution in [-0.2, 0) is 5.75 Å². The predicted octanol–water partition coefficient (Wildman–Crippen LogP) is 5.82. The van der Waals surface area contributed by atoms with Crippen molar-refractivity contribution in [3.63, 3.8) is 0 Å². The van der Waals surface area contributed by atoms with E-state index >= 15 is 0 Å². The first-order valence-electron chi connectivity index (χ1n) is 7.65. The topological polar surface area (TPSA) is 41.6 Å². The molecule has 0 saturated heterocycles. The van der Waals surface area contributed by atoms with Gasteiger partial charge in [-0.2, -0.15) is 5.26 Å². The summed E-state index contributed by atoms with van der Waals surface area (Å²) in [6.07, 6.45) is 5.31. The third kappa shape index (κ3) is 4.58. The molecule has 2 unspecified atom stereocenters. The van der Waals surface area contributed by atoms with Gasteiger partial charge in [-0.3, -0.25) is 0 Å². The summed E-state index contributed by atoms with van der Waals surface area (Å²) in [6.45, 7) is 0. The molecule has 0 aliphatic carbocycles. The molecule has 6 heteroatoms. The number of alkyl halides is 1. The summed E-state index contributed by atoms with van der Waals surface area (Å²) in [5.41, 5.74) is 2.65. The average molecular weight is 388 g/mol. The molecule has 3 aromatic rings. The van der Waals surface area contributed by atoms with Crippen molar-refractivity contribution in [1.82, 2.24) is 9.55 Å². The van der Waals surface area contributed by atoms with Gasteiger partial charge in [0.2, 0.25) is 0 Å². The van der Waals surface area contributed by atoms with Gasteiger partial charge >= 0.3 is 0 Å². The molecular weight excluding hydrogens is 373 g/mol. The molecule has 1 heterocycles. The van der Waals surface area contributed by atoms with E-state index in [4.69, 9.17) is 28.5 Å². The van der Waals surface area contributed by atoms with Crippen molar-refractivity contribution in [2.45, 2.75) is 16.5 Å². The third-order valence-corrected chi connectivity index (χ3v) is 6.04. The van der Waals surface area contributed by atoms with E-state index in [0.717, 1.165) is 16.9 Å². The third-order valence-electron chi connectivity index (χ3n) is 3.77. The van der Waals surface area contributed by atoms with Crippen LogP contribution in [-0.4, -0.2) is 9.55 Å². The molecule has 0 radical (unpaired) electrons. The van der Waals surface area contributed by atoms with Crippen molar-refractivity contribution in [2.24, 2.45) is 0 Å². The highest BCUT2D eigenvalue weighted by atomic mass is 35.5. The maximum absolute atomic E-state index is 8.90. The van der Waals surface area contributed by atoms with Crippen molar-refractivity contribution in [2.75, 3.05) is 0 Å². The lowest BCUT2D eigenvalue weighted by molar-refractivity contribution is 0.651. The second kappa shape index (κ2) is 8.44. The van der Waals surface area contributed by atoms with Crippen molar-refractivity contribution < 1.29 is 0 Å². The maximum atomic E-state index is 8.90. The summed E-state index contributed by atoms with van der Waals surface area (Å²) in [5.74, 6) is 0.789. The Labute approximate surface area is 161 Å². The first-order valence-corrected chi connectivity index (χ1v) is 9.51. The minimum atomic E-state index is -0.271. The van der Waals surface area contributed by atoms with Crippen LogP contribution in [0.3, 0.4) is 0 Å². The van der Waals surface area contributed by atoms with Gasteiger partial charge in [0.1, 0.15) is 5.50 Å². The van der Waals surface area contributed by atoms with Crippen LogP contribution in [0.25, 0.3) is 0 Å². The van der Waals surface area contributed by atoms with Crippen molar-refractivity contribution >= 4 is 35.0 Å². The Kier molecular flexibility index (Phi) is 6.04. The summed E-state index contributed by atoms with van der Waals surface area (Å²) >= 11 is 14.5. The highest BCUT2D eigenvalue weighted by Crippen LogP contribution is 2.42. The van der Waals surface area contributed by atoms with Crippen LogP contribution in [0.15, 0.2) is 67.3 Å². The minimum Gasteiger partial charge on any atom is -0.319 e.